The summed E-state index contributed by atoms with van der Waals surface area (Å²) >= 11 is 27.5. The number of hydrogen-bond acceptors (Lipinski definition) is 12. The Bertz CT molecular complexity index is 1490. The molecule has 0 bridgehead atoms. The number of hydrogen-bond donors (Lipinski definition) is 2. The van der Waals surface area contributed by atoms with Crippen molar-refractivity contribution < 1.29 is 9.53 Å². The van der Waals surface area contributed by atoms with E-state index >= 15 is 0 Å². The van der Waals surface area contributed by atoms with Crippen LogP contribution in [0.1, 0.15) is 20.8 Å². The minimum Gasteiger partial charge on any atom is -0.443 e. The highest BCUT2D eigenvalue weighted by molar-refractivity contribution is 7.99. The van der Waals surface area contributed by atoms with E-state index in [1.807, 2.05) is 0 Å². The van der Waals surface area contributed by atoms with Gasteiger partial charge in [-0.3, -0.25) is 0 Å². The number of rotatable bonds is 6. The molecule has 4 heterocycles. The highest BCUT2D eigenvalue weighted by Gasteiger charge is 2.32. The Balaban J connectivity index is 1.80. The lowest BCUT2D eigenvalue weighted by Crippen LogP contribution is -2.35. The van der Waals surface area contributed by atoms with Gasteiger partial charge >= 0.3 is 6.09 Å². The Morgan fingerprint density at radius 1 is 0.800 bits per heavy atom. The van der Waals surface area contributed by atoms with Crippen molar-refractivity contribution in [2.75, 3.05) is 16.4 Å². The van der Waals surface area contributed by atoms with Crippen LogP contribution in [0.4, 0.5) is 28.1 Å². The van der Waals surface area contributed by atoms with Gasteiger partial charge in [-0.15, -0.1) is 0 Å². The molecule has 0 aliphatic heterocycles. The van der Waals surface area contributed by atoms with Crippen molar-refractivity contribution in [3.05, 3.63) is 57.3 Å². The fourth-order valence-electron chi connectivity index (χ4n) is 2.99. The molecule has 208 valence electrons. The predicted octanol–water partition coefficient (Wildman–Crippen LogP) is 7.21. The molecule has 40 heavy (non-hydrogen) atoms. The zero-order valence-electron chi connectivity index (χ0n) is 20.9. The molecule has 0 saturated carbocycles. The molecule has 1 amide bonds. The second-order valence-electron chi connectivity index (χ2n) is 8.68. The number of anilines is 4. The first-order valence-corrected chi connectivity index (χ1v) is 14.2. The molecule has 0 spiro atoms. The third-order valence-corrected chi connectivity index (χ3v) is 8.02. The Morgan fingerprint density at radius 2 is 1.23 bits per heavy atom. The first-order chi connectivity index (χ1) is 18.8. The fourth-order valence-corrected chi connectivity index (χ4v) is 5.44. The molecule has 17 heteroatoms. The first kappa shape index (κ1) is 30.2. The van der Waals surface area contributed by atoms with E-state index < -0.39 is 11.7 Å². The first-order valence-electron chi connectivity index (χ1n) is 11.1. The summed E-state index contributed by atoms with van der Waals surface area (Å²) in [5, 5.41) is 1.15. The number of carbonyl (C=O) groups excluding carboxylic acids is 1. The molecule has 4 aromatic heterocycles. The molecule has 0 aromatic carbocycles. The fraction of sp³-hybridized carbons (Fsp3) is 0.174. The van der Waals surface area contributed by atoms with E-state index in [1.54, 1.807) is 32.9 Å². The number of pyridine rings is 2. The van der Waals surface area contributed by atoms with E-state index in [9.17, 15) is 4.79 Å². The van der Waals surface area contributed by atoms with Gasteiger partial charge in [0, 0.05) is 22.2 Å². The van der Waals surface area contributed by atoms with Crippen LogP contribution >= 0.6 is 69.9 Å². The van der Waals surface area contributed by atoms with Gasteiger partial charge in [-0.1, -0.05) is 69.9 Å². The Kier molecular flexibility index (Phi) is 9.33. The molecular formula is C23H19Cl4N9O2S2. The Morgan fingerprint density at radius 3 is 1.60 bits per heavy atom. The Hall–Kier alpha value is -2.81. The molecule has 0 radical (unpaired) electrons. The molecular weight excluding hydrogens is 640 g/mol. The van der Waals surface area contributed by atoms with Crippen LogP contribution in [0.3, 0.4) is 0 Å². The average molecular weight is 659 g/mol. The summed E-state index contributed by atoms with van der Waals surface area (Å²) in [6.07, 6.45) is 4.80. The van der Waals surface area contributed by atoms with E-state index in [0.29, 0.717) is 19.8 Å². The van der Waals surface area contributed by atoms with Crippen LogP contribution < -0.4 is 16.4 Å². The number of ether oxygens (including phenoxy) is 1. The van der Waals surface area contributed by atoms with Crippen LogP contribution in [0.2, 0.25) is 20.4 Å². The summed E-state index contributed by atoms with van der Waals surface area (Å²) in [5.41, 5.74) is 11.1. The molecule has 0 saturated heterocycles. The van der Waals surface area contributed by atoms with Crippen molar-refractivity contribution in [3.63, 3.8) is 0 Å². The summed E-state index contributed by atoms with van der Waals surface area (Å²) < 4.78 is 5.66. The van der Waals surface area contributed by atoms with Crippen molar-refractivity contribution >= 4 is 99.3 Å². The summed E-state index contributed by atoms with van der Waals surface area (Å²) in [5.74, 6) is 0.220. The highest BCUT2D eigenvalue weighted by Crippen LogP contribution is 2.44. The summed E-state index contributed by atoms with van der Waals surface area (Å²) in [4.78, 5) is 40.7. The summed E-state index contributed by atoms with van der Waals surface area (Å²) in [7, 11) is 0. The van der Waals surface area contributed by atoms with Gasteiger partial charge in [0.2, 0.25) is 0 Å². The van der Waals surface area contributed by atoms with E-state index in [1.165, 1.54) is 24.8 Å². The topological polar surface area (TPSA) is 159 Å². The lowest BCUT2D eigenvalue weighted by molar-refractivity contribution is 0.0597. The van der Waals surface area contributed by atoms with E-state index in [0.717, 1.165) is 28.4 Å². The quantitative estimate of drug-likeness (QED) is 0.215. The highest BCUT2D eigenvalue weighted by atomic mass is 35.5. The number of amides is 1. The maximum Gasteiger partial charge on any atom is 0.422 e. The lowest BCUT2D eigenvalue weighted by atomic mass is 10.2. The molecule has 0 unspecified atom stereocenters. The van der Waals surface area contributed by atoms with Gasteiger partial charge < -0.3 is 16.2 Å². The van der Waals surface area contributed by atoms with Crippen molar-refractivity contribution in [2.24, 2.45) is 0 Å². The largest absolute Gasteiger partial charge is 0.443 e. The second-order valence-corrected chi connectivity index (χ2v) is 12.3. The van der Waals surface area contributed by atoms with Gasteiger partial charge in [0.1, 0.15) is 26.0 Å². The number of nitrogens with zero attached hydrogens (tertiary/aromatic N) is 7. The van der Waals surface area contributed by atoms with Gasteiger partial charge in [-0.2, -0.15) is 0 Å². The van der Waals surface area contributed by atoms with E-state index in [4.69, 9.17) is 62.6 Å². The van der Waals surface area contributed by atoms with Gasteiger partial charge in [-0.05, 0) is 32.9 Å². The monoisotopic (exact) mass is 657 g/mol. The van der Waals surface area contributed by atoms with E-state index in [-0.39, 0.29) is 43.6 Å². The zero-order valence-corrected chi connectivity index (χ0v) is 25.6. The molecule has 0 aliphatic carbocycles. The average Bonchev–Trinajstić information content (AvgIpc) is 2.85. The van der Waals surface area contributed by atoms with Crippen LogP contribution in [0, 0.1) is 0 Å². The number of nitrogens with two attached hydrogens (primary N) is 2. The number of halogens is 4. The van der Waals surface area contributed by atoms with Crippen LogP contribution in [0.15, 0.2) is 56.8 Å². The van der Waals surface area contributed by atoms with Crippen LogP contribution in [-0.2, 0) is 4.74 Å². The zero-order chi connectivity index (χ0) is 29.2. The summed E-state index contributed by atoms with van der Waals surface area (Å²) in [6, 6.07) is 3.26. The van der Waals surface area contributed by atoms with Gasteiger partial charge in [0.05, 0.1) is 22.4 Å². The lowest BCUT2D eigenvalue weighted by Gasteiger charge is -2.27. The van der Waals surface area contributed by atoms with Crippen molar-refractivity contribution in [1.82, 2.24) is 29.9 Å². The molecule has 0 aliphatic rings. The minimum absolute atomic E-state index is 0.00348. The normalized spacial score (nSPS) is 11.4. The molecule has 4 N–H and O–H groups in total. The van der Waals surface area contributed by atoms with Crippen LogP contribution in [-0.4, -0.2) is 41.6 Å². The maximum absolute atomic E-state index is 13.6. The second kappa shape index (κ2) is 12.4. The third-order valence-electron chi connectivity index (χ3n) is 4.55. The van der Waals surface area contributed by atoms with E-state index in [2.05, 4.69) is 29.9 Å². The van der Waals surface area contributed by atoms with Crippen molar-refractivity contribution in [1.29, 1.82) is 0 Å². The van der Waals surface area contributed by atoms with Crippen molar-refractivity contribution in [3.8, 4) is 0 Å². The molecule has 11 nitrogen and oxygen atoms in total. The SMILES string of the molecule is CC(C)(C)OC(=O)N(c1nccc(Sc2ncc(Cl)nc2N)c1Cl)c1nccc(Sc2ncc(Cl)nc2N)c1Cl. The number of aromatic nitrogens is 6. The third kappa shape index (κ3) is 7.09. The molecule has 0 atom stereocenters. The predicted molar refractivity (Wildman–Crippen MR) is 158 cm³/mol. The van der Waals surface area contributed by atoms with Gasteiger partial charge in [-0.25, -0.2) is 39.6 Å². The van der Waals surface area contributed by atoms with Crippen molar-refractivity contribution in [2.45, 2.75) is 46.2 Å². The maximum atomic E-state index is 13.6. The van der Waals surface area contributed by atoms with Gasteiger partial charge in [0.15, 0.2) is 23.3 Å². The molecule has 0 fully saturated rings. The number of nitrogen functional groups attached to an aromatic ring is 2. The van der Waals surface area contributed by atoms with Crippen LogP contribution in [0.25, 0.3) is 0 Å². The Labute approximate surface area is 257 Å². The standard InChI is InChI=1S/C23H19Cl4N9O2S2/c1-23(2,3)38-22(37)36(18-14(26)10(4-6-30-18)39-20-16(28)34-12(24)8-32-20)19-15(27)11(5-7-31-19)40-21-17(29)35-13(25)9-33-21/h4-9H,1-3H3,(H2,28,34)(H2,29,35). The molecule has 4 aromatic rings. The molecule has 4 rings (SSSR count). The van der Waals surface area contributed by atoms with Gasteiger partial charge in [0.25, 0.3) is 0 Å². The van der Waals surface area contributed by atoms with Crippen LogP contribution in [0.5, 0.6) is 0 Å². The number of carbonyl (C=O) groups is 1. The minimum atomic E-state index is -0.867. The smallest absolute Gasteiger partial charge is 0.422 e. The summed E-state index contributed by atoms with van der Waals surface area (Å²) in [6.45, 7) is 5.15.